The van der Waals surface area contributed by atoms with Crippen LogP contribution in [-0.4, -0.2) is 239 Å². The van der Waals surface area contributed by atoms with Crippen LogP contribution in [0, 0.1) is 48.3 Å². The maximum Gasteiger partial charge on any atom is 0.508 e. The number of cyclic esters (lactones) is 1. The van der Waals surface area contributed by atoms with Crippen molar-refractivity contribution in [3.8, 4) is 0 Å². The van der Waals surface area contributed by atoms with Crippen LogP contribution in [0.15, 0.2) is 92.5 Å². The van der Waals surface area contributed by atoms with Crippen LogP contribution < -0.4 is 44.0 Å². The molecule has 43 heteroatoms. The van der Waals surface area contributed by atoms with Crippen LogP contribution in [-0.2, 0) is 97.2 Å². The van der Waals surface area contributed by atoms with Crippen LogP contribution in [0.2, 0.25) is 0 Å². The van der Waals surface area contributed by atoms with Gasteiger partial charge in [-0.25, -0.2) is 29.3 Å². The van der Waals surface area contributed by atoms with E-state index in [1.807, 2.05) is 64.2 Å². The number of aliphatic carboxylic acids is 5. The number of amides is 3. The van der Waals surface area contributed by atoms with E-state index in [0.29, 0.717) is 35.8 Å². The number of nitrogens with two attached hydrogens (primary N) is 3. The number of aryl methyl sites for hydroxylation is 1. The van der Waals surface area contributed by atoms with Crippen LogP contribution >= 0.6 is 21.6 Å². The first-order valence-electron chi connectivity index (χ1n) is 40.5. The molecule has 4 aliphatic heterocycles. The predicted molar refractivity (Wildman–Crippen MR) is 454 cm³/mol. The lowest BCUT2D eigenvalue weighted by molar-refractivity contribution is -0.159. The van der Waals surface area contributed by atoms with Gasteiger partial charge in [0.2, 0.25) is 17.8 Å². The van der Waals surface area contributed by atoms with Gasteiger partial charge in [0.1, 0.15) is 66.2 Å². The summed E-state index contributed by atoms with van der Waals surface area (Å²) < 4.78 is 47.0. The standard InChI is InChI=1S/C47H63NO16S2.C36H46N12O12/c1-25(16-33-23-59-30(6)48-33)10-9-11-27(3)42(57-8)29(5)36-22-39(63-46(56)58-14-15-65-66-24-32(44(53)54)21-34(49)28(4)17-40(50)51)47(7)38(64-47)13-12-26(2)35-18-31(20-41(52)60-35)19-37-43(61-37)45(55)62-36;1-40-30(55)19(14-27(53)54)12-25(50)23(3-2-10-41-35(37)38)45-32(57)18(13-26(51)52)11-22(49)8-9-24(34(59)60)46-31(56)17-4-6-20(7-5-17)42-15-21-16-43-29-28(44-21)33(58)48-36(39)47-29/h9-13,16,23,26,28-29,31-32,35-39,42-43H,14-15,17-22,24H2,1-8H3,(H,50,51)(H,53,54);4-7,16,18-19,23-24,42H,2-3,8-15H2,1H3,(H,40,55)(H,45,57)(H,46,56)(H,51,52)(H,53,54)(H,59,60)(H4,37,38,41)(H3,39,43,47,48,58)/b10-9+,13-12+,25-16+,27-11+;/t26-,28+,29+,31+,32+,35-,36+,37+,38-,39+,42+,43-,47+;18-,19-,23-,24-/m10/s1. The zero-order valence-corrected chi connectivity index (χ0v) is 72.6. The number of fused-ring (bicyclic) bond motifs is 5. The molecule has 7 heterocycles. The number of aromatic amines is 1. The zero-order chi connectivity index (χ0) is 92.8. The number of anilines is 2. The maximum atomic E-state index is 13.9. The summed E-state index contributed by atoms with van der Waals surface area (Å²) in [5, 5.41) is 57.2. The number of carbonyl (C=O) groups is 14. The molecule has 3 fully saturated rings. The van der Waals surface area contributed by atoms with Gasteiger partial charge >= 0.3 is 47.9 Å². The monoisotopic (exact) mass is 1800 g/mol. The Hall–Kier alpha value is -12.0. The first-order chi connectivity index (χ1) is 59.6. The molecule has 0 aliphatic carbocycles. The van der Waals surface area contributed by atoms with Gasteiger partial charge in [-0.3, -0.25) is 67.5 Å². The summed E-state index contributed by atoms with van der Waals surface area (Å²) in [6, 6.07) is 2.97. The Morgan fingerprint density at radius 3 is 2.12 bits per heavy atom. The summed E-state index contributed by atoms with van der Waals surface area (Å²) in [7, 11) is 5.25. The van der Waals surface area contributed by atoms with Crippen molar-refractivity contribution in [2.45, 2.75) is 205 Å². The summed E-state index contributed by atoms with van der Waals surface area (Å²) >= 11 is 0. The second-order valence-corrected chi connectivity index (χ2v) is 33.9. The number of Topliss-reactive ketones (excluding diaryl/α,β-unsaturated/α-hetero) is 3. The fraction of sp³-hybridized carbons (Fsp3) is 0.542. The fourth-order valence-corrected chi connectivity index (χ4v) is 16.2. The molecule has 0 unspecified atom stereocenters. The summed E-state index contributed by atoms with van der Waals surface area (Å²) in [5.41, 5.74) is 18.1. The highest BCUT2D eigenvalue weighted by Crippen LogP contribution is 2.46. The van der Waals surface area contributed by atoms with Crippen LogP contribution in [0.5, 0.6) is 0 Å². The van der Waals surface area contributed by atoms with Crippen molar-refractivity contribution in [2.24, 2.45) is 57.9 Å². The molecule has 4 aliphatic rings. The molecule has 3 saturated heterocycles. The zero-order valence-electron chi connectivity index (χ0n) is 71.0. The van der Waals surface area contributed by atoms with Gasteiger partial charge in [0.25, 0.3) is 11.5 Å². The highest BCUT2D eigenvalue weighted by Gasteiger charge is 2.60. The minimum absolute atomic E-state index is 0.00553. The third kappa shape index (κ3) is 32.5. The molecular formula is C83H109N13O28S2. The van der Waals surface area contributed by atoms with E-state index in [4.69, 9.17) is 59.9 Å². The number of carboxylic acid groups (broad SMARTS) is 5. The van der Waals surface area contributed by atoms with Crippen molar-refractivity contribution in [2.75, 3.05) is 49.9 Å². The number of epoxide rings is 2. The number of carbonyl (C=O) groups excluding carboxylic acids is 9. The number of ketones is 3. The molecule has 0 radical (unpaired) electrons. The average Bonchev–Trinajstić information content (AvgIpc) is 1.59. The molecule has 1 aromatic carbocycles. The van der Waals surface area contributed by atoms with Gasteiger partial charge in [-0.15, -0.1) is 0 Å². The molecule has 3 aromatic heterocycles. The highest BCUT2D eigenvalue weighted by atomic mass is 33.1. The topological polar surface area (TPSA) is 647 Å². The third-order valence-electron chi connectivity index (χ3n) is 21.2. The van der Waals surface area contributed by atoms with E-state index < -0.39 is 205 Å². The number of hydrogen-bond acceptors (Lipinski definition) is 32. The Labute approximate surface area is 731 Å². The number of nitrogen functional groups attached to an aromatic ring is 1. The number of benzene rings is 1. The molecule has 41 nitrogen and oxygen atoms in total. The molecule has 17 atom stereocenters. The van der Waals surface area contributed by atoms with Crippen molar-refractivity contribution in [1.29, 1.82) is 0 Å². The van der Waals surface area contributed by atoms with E-state index in [9.17, 15) is 92.3 Å². The van der Waals surface area contributed by atoms with Gasteiger partial charge < -0.3 is 102 Å². The van der Waals surface area contributed by atoms with E-state index in [2.05, 4.69) is 51.2 Å². The summed E-state index contributed by atoms with van der Waals surface area (Å²) in [6.45, 7) is 12.8. The summed E-state index contributed by atoms with van der Waals surface area (Å²) in [6.07, 6.45) is 5.81. The number of aromatic nitrogens is 5. The van der Waals surface area contributed by atoms with Crippen LogP contribution in [0.25, 0.3) is 17.2 Å². The quantitative estimate of drug-likeness (QED) is 0.00294. The van der Waals surface area contributed by atoms with E-state index in [0.717, 1.165) is 11.1 Å². The molecule has 3 amide bonds. The number of esters is 2. The Morgan fingerprint density at radius 2 is 1.48 bits per heavy atom. The number of methoxy groups -OCH3 is 1. The van der Waals surface area contributed by atoms with Gasteiger partial charge in [-0.1, -0.05) is 72.7 Å². The molecule has 686 valence electrons. The Bertz CT molecular complexity index is 4800. The van der Waals surface area contributed by atoms with Crippen molar-refractivity contribution >= 4 is 139 Å². The molecule has 0 spiro atoms. The fourth-order valence-electron chi connectivity index (χ4n) is 14.1. The lowest BCUT2D eigenvalue weighted by Crippen LogP contribution is -2.46. The average molecular weight is 1800 g/mol. The minimum Gasteiger partial charge on any atom is -0.481 e. The SMILES string of the molecule is CNC(=O)[C@H](CC(=O)O)CC(=O)[C@H](CCCN=C(N)N)NC(=O)[C@H](CC(=O)O)CC(=O)CC[C@H](NC(=O)c1ccc(NCc2cnc3nc(N)[nH]c(=O)c3n2)cc1)C(=O)O.CO[C@@H](/C(C)=C/C=C/C(C)=C/c1coc(C)n1)[C@@H](C)[C@@H]1C[C@H](OC(=O)OCCSSC[C@H](CC(=O)[C@@H](C)CC(=O)O)C(=O)O)[C@@]2(C)O[C@@H]2/C=C/[C@@H](C)[C@H]2C[C@H](CC(=O)O2)C[C@@H]2O[C@H]2C(=O)O1. The lowest BCUT2D eigenvalue weighted by atomic mass is 9.84. The lowest BCUT2D eigenvalue weighted by Gasteiger charge is -2.33. The molecule has 126 heavy (non-hydrogen) atoms. The van der Waals surface area contributed by atoms with Crippen molar-refractivity contribution in [1.82, 2.24) is 40.9 Å². The second kappa shape index (κ2) is 48.5. The number of H-pyrrole nitrogens is 1. The van der Waals surface area contributed by atoms with E-state index >= 15 is 0 Å². The smallest absolute Gasteiger partial charge is 0.481 e. The summed E-state index contributed by atoms with van der Waals surface area (Å²) in [5.74, 6) is -16.6. The number of allylic oxidation sites excluding steroid dienone is 4. The Kier molecular flexibility index (Phi) is 38.9. The van der Waals surface area contributed by atoms with Gasteiger partial charge in [0.15, 0.2) is 34.9 Å². The molecule has 0 saturated carbocycles. The number of aliphatic imine (C=N–C) groups is 1. The number of nitrogens with zero attached hydrogens (tertiary/aromatic N) is 5. The van der Waals surface area contributed by atoms with Crippen molar-refractivity contribution < 1.29 is 130 Å². The van der Waals surface area contributed by atoms with E-state index in [1.165, 1.54) is 66.0 Å². The largest absolute Gasteiger partial charge is 0.508 e. The van der Waals surface area contributed by atoms with E-state index in [1.54, 1.807) is 27.2 Å². The van der Waals surface area contributed by atoms with Crippen LogP contribution in [0.3, 0.4) is 0 Å². The van der Waals surface area contributed by atoms with E-state index in [-0.39, 0.29) is 122 Å². The third-order valence-corrected chi connectivity index (χ3v) is 23.7. The Morgan fingerprint density at radius 1 is 0.794 bits per heavy atom. The van der Waals surface area contributed by atoms with Gasteiger partial charge in [-0.05, 0) is 100 Å². The second-order valence-electron chi connectivity index (χ2n) is 31.3. The van der Waals surface area contributed by atoms with Crippen LogP contribution in [0.1, 0.15) is 159 Å². The number of rotatable bonds is 45. The van der Waals surface area contributed by atoms with Crippen LogP contribution in [0.4, 0.5) is 16.4 Å². The Balaban J connectivity index is 0.000000347. The number of nitrogens with one attached hydrogen (secondary N) is 5. The number of oxazole rings is 1. The van der Waals surface area contributed by atoms with Gasteiger partial charge in [-0.2, -0.15) is 4.98 Å². The number of carboxylic acids is 5. The molecule has 16 N–H and O–H groups in total. The first kappa shape index (κ1) is 101. The van der Waals surface area contributed by atoms with Gasteiger partial charge in [0.05, 0.1) is 73.7 Å². The predicted octanol–water partition coefficient (Wildman–Crippen LogP) is 5.61. The highest BCUT2D eigenvalue weighted by molar-refractivity contribution is 8.76. The number of guanidine groups is 1. The van der Waals surface area contributed by atoms with Gasteiger partial charge in [0, 0.05) is 107 Å². The maximum absolute atomic E-state index is 13.9. The number of hydrogen-bond donors (Lipinski definition) is 13. The molecular weight excluding hydrogens is 1690 g/mol. The minimum atomic E-state index is -1.56. The van der Waals surface area contributed by atoms with Crippen molar-refractivity contribution in [3.05, 3.63) is 111 Å². The van der Waals surface area contributed by atoms with Crippen molar-refractivity contribution in [3.63, 3.8) is 0 Å². The molecule has 4 aromatic rings. The number of ether oxygens (including phenoxy) is 7. The summed E-state index contributed by atoms with van der Waals surface area (Å²) in [4.78, 5) is 210. The molecule has 8 rings (SSSR count). The first-order valence-corrected chi connectivity index (χ1v) is 43.0. The normalized spacial score (nSPS) is 22.0. The molecule has 2 bridgehead atoms.